The molecule has 1 saturated heterocycles. The summed E-state index contributed by atoms with van der Waals surface area (Å²) >= 11 is 0. The average molecular weight is 242 g/mol. The van der Waals surface area contributed by atoms with Crippen molar-refractivity contribution in [1.29, 1.82) is 0 Å². The molecule has 94 valence electrons. The van der Waals surface area contributed by atoms with Crippen LogP contribution in [0.25, 0.3) is 0 Å². The molecule has 16 heavy (non-hydrogen) atoms. The Morgan fingerprint density at radius 1 is 1.56 bits per heavy atom. The number of alkyl halides is 3. The number of aliphatic hydroxyl groups excluding tert-OH is 1. The van der Waals surface area contributed by atoms with Gasteiger partial charge in [0.2, 0.25) is 0 Å². The maximum absolute atomic E-state index is 12.1. The molecule has 0 radical (unpaired) electrons. The molecule has 1 fully saturated rings. The van der Waals surface area contributed by atoms with Gasteiger partial charge in [0.25, 0.3) is 0 Å². The highest BCUT2D eigenvalue weighted by atomic mass is 19.4. The second kappa shape index (κ2) is 4.98. The first kappa shape index (κ1) is 13.2. The second-order valence-corrected chi connectivity index (χ2v) is 3.61. The molecule has 0 aliphatic carbocycles. The topological polar surface area (TPSA) is 72.8 Å². The Balaban J connectivity index is 2.59. The summed E-state index contributed by atoms with van der Waals surface area (Å²) < 4.78 is 36.3. The summed E-state index contributed by atoms with van der Waals surface area (Å²) in [5.74, 6) is -1.19. The van der Waals surface area contributed by atoms with Crippen LogP contribution in [-0.2, 0) is 4.79 Å². The minimum atomic E-state index is -4.71. The number of aliphatic carboxylic acids is 1. The minimum absolute atomic E-state index is 0.0832. The van der Waals surface area contributed by atoms with E-state index in [-0.39, 0.29) is 13.1 Å². The molecule has 0 saturated carbocycles. The summed E-state index contributed by atoms with van der Waals surface area (Å²) in [7, 11) is 0. The first-order valence-corrected chi connectivity index (χ1v) is 4.74. The van der Waals surface area contributed by atoms with Crippen molar-refractivity contribution in [2.75, 3.05) is 26.2 Å². The molecule has 0 amide bonds. The number of nitrogens with one attached hydrogen (secondary N) is 1. The van der Waals surface area contributed by atoms with E-state index < -0.39 is 30.8 Å². The molecule has 0 aromatic rings. The molecule has 8 heteroatoms. The van der Waals surface area contributed by atoms with Gasteiger partial charge in [0.1, 0.15) is 6.04 Å². The predicted octanol–water partition coefficient (Wildman–Crippen LogP) is -0.732. The van der Waals surface area contributed by atoms with Crippen LogP contribution in [0.3, 0.4) is 0 Å². The SMILES string of the molecule is O=C(O)C1CNCCN1CC(O)C(F)(F)F. The summed E-state index contributed by atoms with van der Waals surface area (Å²) in [6.45, 7) is -0.0411. The number of rotatable bonds is 3. The number of β-amino-alcohol motifs (C(OH)–C–C–N with tert-alkyl or cyclic N) is 1. The van der Waals surface area contributed by atoms with Crippen LogP contribution < -0.4 is 5.32 Å². The summed E-state index contributed by atoms with van der Waals surface area (Å²) in [5.41, 5.74) is 0. The standard InChI is InChI=1S/C8H13F3N2O3/c9-8(10,11)6(14)4-13-2-1-12-3-5(13)7(15)16/h5-6,12,14H,1-4H2,(H,15,16). The first-order valence-electron chi connectivity index (χ1n) is 4.74. The van der Waals surface area contributed by atoms with Gasteiger partial charge in [-0.1, -0.05) is 0 Å². The zero-order chi connectivity index (χ0) is 12.3. The number of carboxylic acid groups (broad SMARTS) is 1. The van der Waals surface area contributed by atoms with Gasteiger partial charge in [-0.2, -0.15) is 13.2 Å². The van der Waals surface area contributed by atoms with Crippen molar-refractivity contribution in [3.63, 3.8) is 0 Å². The third kappa shape index (κ3) is 3.32. The summed E-state index contributed by atoms with van der Waals surface area (Å²) in [6.07, 6.45) is -7.22. The average Bonchev–Trinajstić information content (AvgIpc) is 2.16. The van der Waals surface area contributed by atoms with E-state index >= 15 is 0 Å². The van der Waals surface area contributed by atoms with E-state index in [0.717, 1.165) is 4.90 Å². The fourth-order valence-corrected chi connectivity index (χ4v) is 1.53. The van der Waals surface area contributed by atoms with Crippen molar-refractivity contribution >= 4 is 5.97 Å². The molecule has 1 rings (SSSR count). The van der Waals surface area contributed by atoms with E-state index in [4.69, 9.17) is 10.2 Å². The molecule has 0 aromatic heterocycles. The predicted molar refractivity (Wildman–Crippen MR) is 47.9 cm³/mol. The van der Waals surface area contributed by atoms with E-state index in [1.165, 1.54) is 0 Å². The number of carbonyl (C=O) groups is 1. The molecular formula is C8H13F3N2O3. The first-order chi connectivity index (χ1) is 7.32. The van der Waals surface area contributed by atoms with Crippen LogP contribution in [0.5, 0.6) is 0 Å². The maximum Gasteiger partial charge on any atom is 0.415 e. The molecule has 0 spiro atoms. The molecule has 3 N–H and O–H groups in total. The normalized spacial score (nSPS) is 25.4. The lowest BCUT2D eigenvalue weighted by molar-refractivity contribution is -0.210. The van der Waals surface area contributed by atoms with E-state index in [0.29, 0.717) is 6.54 Å². The Hall–Kier alpha value is -0.860. The number of piperazine rings is 1. The lowest BCUT2D eigenvalue weighted by Gasteiger charge is -2.34. The van der Waals surface area contributed by atoms with Crippen molar-refractivity contribution in [3.8, 4) is 0 Å². The zero-order valence-corrected chi connectivity index (χ0v) is 8.37. The Kier molecular flexibility index (Phi) is 4.11. The van der Waals surface area contributed by atoms with Crippen LogP contribution in [0.15, 0.2) is 0 Å². The van der Waals surface area contributed by atoms with Gasteiger partial charge in [-0.05, 0) is 0 Å². The maximum atomic E-state index is 12.1. The smallest absolute Gasteiger partial charge is 0.415 e. The Bertz CT molecular complexity index is 259. The van der Waals surface area contributed by atoms with Crippen molar-refractivity contribution in [3.05, 3.63) is 0 Å². The van der Waals surface area contributed by atoms with Crippen LogP contribution in [0.2, 0.25) is 0 Å². The summed E-state index contributed by atoms with van der Waals surface area (Å²) in [6, 6.07) is -1.02. The number of carboxylic acids is 1. The highest BCUT2D eigenvalue weighted by Crippen LogP contribution is 2.21. The molecule has 0 aromatic carbocycles. The van der Waals surface area contributed by atoms with Crippen LogP contribution >= 0.6 is 0 Å². The Morgan fingerprint density at radius 2 is 2.19 bits per heavy atom. The van der Waals surface area contributed by atoms with Crippen molar-refractivity contribution in [2.24, 2.45) is 0 Å². The molecule has 1 aliphatic heterocycles. The monoisotopic (exact) mass is 242 g/mol. The lowest BCUT2D eigenvalue weighted by Crippen LogP contribution is -2.57. The van der Waals surface area contributed by atoms with Crippen LogP contribution in [0.4, 0.5) is 13.2 Å². The van der Waals surface area contributed by atoms with Crippen LogP contribution in [-0.4, -0.2) is 65.6 Å². The van der Waals surface area contributed by atoms with Crippen molar-refractivity contribution in [2.45, 2.75) is 18.3 Å². The molecule has 2 unspecified atom stereocenters. The number of aliphatic hydroxyl groups is 1. The second-order valence-electron chi connectivity index (χ2n) is 3.61. The molecule has 1 heterocycles. The number of halogens is 3. The number of nitrogens with zero attached hydrogens (tertiary/aromatic N) is 1. The van der Waals surface area contributed by atoms with Crippen molar-refractivity contribution in [1.82, 2.24) is 10.2 Å². The van der Waals surface area contributed by atoms with Gasteiger partial charge in [0.05, 0.1) is 0 Å². The lowest BCUT2D eigenvalue weighted by atomic mass is 10.1. The van der Waals surface area contributed by atoms with Gasteiger partial charge in [0.15, 0.2) is 6.10 Å². The molecular weight excluding hydrogens is 229 g/mol. The largest absolute Gasteiger partial charge is 0.480 e. The fourth-order valence-electron chi connectivity index (χ4n) is 1.53. The highest BCUT2D eigenvalue weighted by molar-refractivity contribution is 5.74. The molecule has 2 atom stereocenters. The van der Waals surface area contributed by atoms with E-state index in [1.807, 2.05) is 0 Å². The van der Waals surface area contributed by atoms with Gasteiger partial charge in [-0.25, -0.2) is 0 Å². The Morgan fingerprint density at radius 3 is 2.69 bits per heavy atom. The summed E-state index contributed by atoms with van der Waals surface area (Å²) in [5, 5.41) is 20.4. The quantitative estimate of drug-likeness (QED) is 0.608. The van der Waals surface area contributed by atoms with Crippen LogP contribution in [0.1, 0.15) is 0 Å². The fraction of sp³-hybridized carbons (Fsp3) is 0.875. The van der Waals surface area contributed by atoms with Gasteiger partial charge in [-0.3, -0.25) is 9.69 Å². The van der Waals surface area contributed by atoms with Crippen LogP contribution in [0, 0.1) is 0 Å². The molecule has 0 bridgehead atoms. The minimum Gasteiger partial charge on any atom is -0.480 e. The van der Waals surface area contributed by atoms with Gasteiger partial charge in [0, 0.05) is 26.2 Å². The zero-order valence-electron chi connectivity index (χ0n) is 8.37. The Labute approximate surface area is 89.8 Å². The molecule has 1 aliphatic rings. The van der Waals surface area contributed by atoms with E-state index in [1.54, 1.807) is 0 Å². The van der Waals surface area contributed by atoms with E-state index in [9.17, 15) is 18.0 Å². The van der Waals surface area contributed by atoms with E-state index in [2.05, 4.69) is 5.32 Å². The van der Waals surface area contributed by atoms with Gasteiger partial charge >= 0.3 is 12.1 Å². The third-order valence-corrected chi connectivity index (χ3v) is 2.42. The third-order valence-electron chi connectivity index (χ3n) is 2.42. The number of hydrogen-bond acceptors (Lipinski definition) is 4. The van der Waals surface area contributed by atoms with Gasteiger partial charge in [-0.15, -0.1) is 0 Å². The molecule has 5 nitrogen and oxygen atoms in total. The highest BCUT2D eigenvalue weighted by Gasteiger charge is 2.41. The summed E-state index contributed by atoms with van der Waals surface area (Å²) in [4.78, 5) is 11.9. The van der Waals surface area contributed by atoms with Gasteiger partial charge < -0.3 is 15.5 Å². The number of hydrogen-bond donors (Lipinski definition) is 3. The van der Waals surface area contributed by atoms with Crippen molar-refractivity contribution < 1.29 is 28.2 Å².